The molecule has 1 fully saturated rings. The van der Waals surface area contributed by atoms with E-state index in [1.165, 1.54) is 0 Å². The van der Waals surface area contributed by atoms with Gasteiger partial charge in [0.15, 0.2) is 0 Å². The largest absolute Gasteiger partial charge is 0.495 e. The molecule has 0 radical (unpaired) electrons. The summed E-state index contributed by atoms with van der Waals surface area (Å²) in [7, 11) is 1.59. The van der Waals surface area contributed by atoms with E-state index in [0.29, 0.717) is 24.0 Å². The Bertz CT molecular complexity index is 372. The average molecular weight is 244 g/mol. The number of benzene rings is 1. The quantitative estimate of drug-likeness (QED) is 0.845. The molecule has 0 saturated carbocycles. The molecule has 0 aliphatic carbocycles. The molecule has 1 saturated heterocycles. The van der Waals surface area contributed by atoms with Gasteiger partial charge in [0.25, 0.3) is 0 Å². The van der Waals surface area contributed by atoms with Crippen LogP contribution in [0.4, 0.5) is 5.69 Å². The molecule has 0 bridgehead atoms. The predicted molar refractivity (Wildman–Crippen MR) is 62.2 cm³/mol. The molecule has 88 valence electrons. The average Bonchev–Trinajstić information content (AvgIpc) is 2.65. The number of halogens is 1. The van der Waals surface area contributed by atoms with Crippen molar-refractivity contribution in [3.63, 3.8) is 0 Å². The van der Waals surface area contributed by atoms with Gasteiger partial charge in [0, 0.05) is 5.02 Å². The van der Waals surface area contributed by atoms with Gasteiger partial charge in [0.2, 0.25) is 0 Å². The number of hydrogen-bond donors (Lipinski definition) is 2. The lowest BCUT2D eigenvalue weighted by Crippen LogP contribution is -2.31. The zero-order chi connectivity index (χ0) is 11.5. The van der Waals surface area contributed by atoms with E-state index >= 15 is 0 Å². The summed E-state index contributed by atoms with van der Waals surface area (Å²) in [5, 5.41) is 13.4. The van der Waals surface area contributed by atoms with Crippen LogP contribution in [0.2, 0.25) is 5.02 Å². The standard InChI is InChI=1S/C11H14ClNO3/c1-15-11-3-2-7(12)4-8(11)13-9-5-16-6-10(9)14/h2-4,9-10,13-14H,5-6H2,1H3. The van der Waals surface area contributed by atoms with Crippen molar-refractivity contribution in [2.24, 2.45) is 0 Å². The molecular weight excluding hydrogens is 230 g/mol. The third-order valence-electron chi connectivity index (χ3n) is 2.55. The fraction of sp³-hybridized carbons (Fsp3) is 0.455. The topological polar surface area (TPSA) is 50.7 Å². The Hall–Kier alpha value is -0.970. The zero-order valence-corrected chi connectivity index (χ0v) is 9.70. The third-order valence-corrected chi connectivity index (χ3v) is 2.79. The summed E-state index contributed by atoms with van der Waals surface area (Å²) in [4.78, 5) is 0. The summed E-state index contributed by atoms with van der Waals surface area (Å²) >= 11 is 5.91. The Morgan fingerprint density at radius 3 is 2.94 bits per heavy atom. The summed E-state index contributed by atoms with van der Waals surface area (Å²) in [5.74, 6) is 0.698. The maximum atomic E-state index is 9.62. The van der Waals surface area contributed by atoms with Gasteiger partial charge in [-0.3, -0.25) is 0 Å². The van der Waals surface area contributed by atoms with Crippen molar-refractivity contribution in [2.45, 2.75) is 12.1 Å². The van der Waals surface area contributed by atoms with Crippen molar-refractivity contribution in [2.75, 3.05) is 25.6 Å². The van der Waals surface area contributed by atoms with E-state index in [-0.39, 0.29) is 6.04 Å². The molecule has 2 rings (SSSR count). The molecule has 0 spiro atoms. The van der Waals surface area contributed by atoms with Crippen molar-refractivity contribution in [1.29, 1.82) is 0 Å². The van der Waals surface area contributed by atoms with Gasteiger partial charge in [0.1, 0.15) is 5.75 Å². The van der Waals surface area contributed by atoms with Gasteiger partial charge in [0.05, 0.1) is 38.2 Å². The molecule has 2 unspecified atom stereocenters. The third kappa shape index (κ3) is 2.40. The summed E-state index contributed by atoms with van der Waals surface area (Å²) in [6, 6.07) is 5.19. The maximum Gasteiger partial charge on any atom is 0.142 e. The van der Waals surface area contributed by atoms with Gasteiger partial charge in [-0.05, 0) is 18.2 Å². The summed E-state index contributed by atoms with van der Waals surface area (Å²) in [6.45, 7) is 0.845. The van der Waals surface area contributed by atoms with E-state index < -0.39 is 6.10 Å². The first-order valence-electron chi connectivity index (χ1n) is 5.06. The number of nitrogens with one attached hydrogen (secondary N) is 1. The second-order valence-corrected chi connectivity index (χ2v) is 4.14. The fourth-order valence-corrected chi connectivity index (χ4v) is 1.85. The van der Waals surface area contributed by atoms with Crippen LogP contribution in [0.15, 0.2) is 18.2 Å². The monoisotopic (exact) mass is 243 g/mol. The van der Waals surface area contributed by atoms with Crippen LogP contribution < -0.4 is 10.1 Å². The smallest absolute Gasteiger partial charge is 0.142 e. The van der Waals surface area contributed by atoms with Crippen molar-refractivity contribution in [3.8, 4) is 5.75 Å². The Morgan fingerprint density at radius 1 is 1.50 bits per heavy atom. The number of aliphatic hydroxyl groups is 1. The number of rotatable bonds is 3. The van der Waals surface area contributed by atoms with Crippen molar-refractivity contribution < 1.29 is 14.6 Å². The molecule has 0 aromatic heterocycles. The molecule has 5 heteroatoms. The van der Waals surface area contributed by atoms with Crippen LogP contribution in [0.25, 0.3) is 0 Å². The van der Waals surface area contributed by atoms with Crippen molar-refractivity contribution >= 4 is 17.3 Å². The lowest BCUT2D eigenvalue weighted by Gasteiger charge is -2.18. The van der Waals surface area contributed by atoms with E-state index in [9.17, 15) is 5.11 Å². The highest BCUT2D eigenvalue weighted by Gasteiger charge is 2.26. The number of anilines is 1. The predicted octanol–water partition coefficient (Wildman–Crippen LogP) is 1.52. The maximum absolute atomic E-state index is 9.62. The normalized spacial score (nSPS) is 24.4. The molecule has 1 aliphatic heterocycles. The Balaban J connectivity index is 2.16. The Labute approximate surface area is 99.1 Å². The van der Waals surface area contributed by atoms with E-state index in [4.69, 9.17) is 21.1 Å². The van der Waals surface area contributed by atoms with Crippen LogP contribution >= 0.6 is 11.6 Å². The molecule has 1 aromatic carbocycles. The highest BCUT2D eigenvalue weighted by molar-refractivity contribution is 6.30. The lowest BCUT2D eigenvalue weighted by atomic mass is 10.2. The Morgan fingerprint density at radius 2 is 2.31 bits per heavy atom. The molecule has 0 amide bonds. The Kier molecular flexibility index (Phi) is 3.53. The van der Waals surface area contributed by atoms with E-state index in [1.54, 1.807) is 25.3 Å². The minimum Gasteiger partial charge on any atom is -0.495 e. The molecule has 4 nitrogen and oxygen atoms in total. The van der Waals surface area contributed by atoms with Crippen LogP contribution in [0.1, 0.15) is 0 Å². The summed E-state index contributed by atoms with van der Waals surface area (Å²) in [5.41, 5.74) is 0.768. The van der Waals surface area contributed by atoms with Crippen molar-refractivity contribution in [3.05, 3.63) is 23.2 Å². The molecule has 2 N–H and O–H groups in total. The highest BCUT2D eigenvalue weighted by atomic mass is 35.5. The van der Waals surface area contributed by atoms with Crippen LogP contribution in [-0.4, -0.2) is 37.6 Å². The zero-order valence-electron chi connectivity index (χ0n) is 8.94. The van der Waals surface area contributed by atoms with Gasteiger partial charge >= 0.3 is 0 Å². The van der Waals surface area contributed by atoms with Crippen LogP contribution in [0, 0.1) is 0 Å². The van der Waals surface area contributed by atoms with Gasteiger partial charge in [-0.25, -0.2) is 0 Å². The lowest BCUT2D eigenvalue weighted by molar-refractivity contribution is 0.125. The van der Waals surface area contributed by atoms with Crippen molar-refractivity contribution in [1.82, 2.24) is 0 Å². The first-order chi connectivity index (χ1) is 7.70. The van der Waals surface area contributed by atoms with Crippen LogP contribution in [0.3, 0.4) is 0 Å². The molecule has 1 aliphatic rings. The number of ether oxygens (including phenoxy) is 2. The second-order valence-electron chi connectivity index (χ2n) is 3.70. The minimum atomic E-state index is -0.497. The molecule has 1 heterocycles. The van der Waals surface area contributed by atoms with Gasteiger partial charge in [-0.2, -0.15) is 0 Å². The number of aliphatic hydroxyl groups excluding tert-OH is 1. The molecule has 2 atom stereocenters. The molecule has 1 aromatic rings. The first-order valence-corrected chi connectivity index (χ1v) is 5.44. The number of hydrogen-bond acceptors (Lipinski definition) is 4. The van der Waals surface area contributed by atoms with E-state index in [0.717, 1.165) is 5.69 Å². The van der Waals surface area contributed by atoms with E-state index in [2.05, 4.69) is 5.32 Å². The van der Waals surface area contributed by atoms with Crippen LogP contribution in [0.5, 0.6) is 5.75 Å². The number of methoxy groups -OCH3 is 1. The minimum absolute atomic E-state index is 0.118. The second kappa shape index (κ2) is 4.91. The SMILES string of the molecule is COc1ccc(Cl)cc1NC1COCC1O. The fourth-order valence-electron chi connectivity index (χ4n) is 1.67. The van der Waals surface area contributed by atoms with Crippen LogP contribution in [-0.2, 0) is 4.74 Å². The molecule has 16 heavy (non-hydrogen) atoms. The first kappa shape index (κ1) is 11.5. The van der Waals surface area contributed by atoms with Gasteiger partial charge < -0.3 is 19.9 Å². The summed E-state index contributed by atoms with van der Waals surface area (Å²) < 4.78 is 10.4. The van der Waals surface area contributed by atoms with Gasteiger partial charge in [-0.15, -0.1) is 0 Å². The van der Waals surface area contributed by atoms with E-state index in [1.807, 2.05) is 0 Å². The molecular formula is C11H14ClNO3. The highest BCUT2D eigenvalue weighted by Crippen LogP contribution is 2.29. The van der Waals surface area contributed by atoms with Gasteiger partial charge in [-0.1, -0.05) is 11.6 Å². The summed E-state index contributed by atoms with van der Waals surface area (Å²) in [6.07, 6.45) is -0.497.